The smallest absolute Gasteiger partial charge is 0.0355 e. The molecule has 0 amide bonds. The van der Waals surface area contributed by atoms with Crippen molar-refractivity contribution in [3.63, 3.8) is 0 Å². The molecule has 6 aromatic carbocycles. The van der Waals surface area contributed by atoms with Crippen molar-refractivity contribution in [3.05, 3.63) is 196 Å². The van der Waals surface area contributed by atoms with Crippen molar-refractivity contribution in [1.29, 1.82) is 0 Å². The molecule has 0 fully saturated rings. The lowest BCUT2D eigenvalue weighted by molar-refractivity contribution is 0.857. The highest BCUT2D eigenvalue weighted by Gasteiger charge is 2.35. The van der Waals surface area contributed by atoms with Gasteiger partial charge in [0.25, 0.3) is 0 Å². The predicted molar refractivity (Wildman–Crippen MR) is 187 cm³/mol. The molecule has 0 spiro atoms. The van der Waals surface area contributed by atoms with Gasteiger partial charge in [-0.05, 0) is 115 Å². The van der Waals surface area contributed by atoms with Crippen LogP contribution in [0.15, 0.2) is 151 Å². The van der Waals surface area contributed by atoms with Crippen LogP contribution < -0.4 is 0 Å². The highest BCUT2D eigenvalue weighted by Crippen LogP contribution is 2.53. The van der Waals surface area contributed by atoms with Gasteiger partial charge < -0.3 is 0 Å². The van der Waals surface area contributed by atoms with Gasteiger partial charge in [0.05, 0.1) is 0 Å². The van der Waals surface area contributed by atoms with Crippen LogP contribution in [-0.2, 0) is 6.42 Å². The van der Waals surface area contributed by atoms with Crippen molar-refractivity contribution in [2.45, 2.75) is 31.1 Å². The quantitative estimate of drug-likeness (QED) is 0.198. The second-order valence-electron chi connectivity index (χ2n) is 13.1. The van der Waals surface area contributed by atoms with E-state index in [2.05, 4.69) is 146 Å². The van der Waals surface area contributed by atoms with Gasteiger partial charge >= 0.3 is 0 Å². The monoisotopic (exact) mass is 572 g/mol. The predicted octanol–water partition coefficient (Wildman–Crippen LogP) is 11.3. The summed E-state index contributed by atoms with van der Waals surface area (Å²) in [5, 5.41) is 0. The Hall–Kier alpha value is -5.20. The van der Waals surface area contributed by atoms with E-state index < -0.39 is 0 Å². The second-order valence-corrected chi connectivity index (χ2v) is 13.1. The van der Waals surface area contributed by atoms with E-state index in [0.29, 0.717) is 5.92 Å². The summed E-state index contributed by atoms with van der Waals surface area (Å²) in [4.78, 5) is 0. The minimum Gasteiger partial charge on any atom is -0.0836 e. The first-order chi connectivity index (χ1) is 22.3. The first kappa shape index (κ1) is 25.2. The minimum atomic E-state index is 0.251. The zero-order chi connectivity index (χ0) is 29.5. The van der Waals surface area contributed by atoms with Gasteiger partial charge in [-0.1, -0.05) is 139 Å². The maximum absolute atomic E-state index is 2.46. The van der Waals surface area contributed by atoms with Crippen LogP contribution in [0.2, 0.25) is 0 Å². The molecule has 0 saturated carbocycles. The molecule has 0 saturated heterocycles. The lowest BCUT2D eigenvalue weighted by atomic mass is 9.84. The number of hydrogen-bond donors (Lipinski definition) is 0. The molecule has 0 aromatic heterocycles. The van der Waals surface area contributed by atoms with E-state index in [-0.39, 0.29) is 5.92 Å². The molecule has 0 radical (unpaired) electrons. The number of hydrogen-bond acceptors (Lipinski definition) is 0. The Balaban J connectivity index is 1.09. The topological polar surface area (TPSA) is 0 Å². The number of allylic oxidation sites excluding steroid dienone is 4. The summed E-state index contributed by atoms with van der Waals surface area (Å²) in [6, 6.07) is 50.5. The maximum atomic E-state index is 2.46. The summed E-state index contributed by atoms with van der Waals surface area (Å²) in [6.45, 7) is 0. The number of rotatable bonds is 3. The molecule has 212 valence electrons. The second kappa shape index (κ2) is 9.65. The number of fused-ring (bicyclic) bond motifs is 8. The molecule has 0 N–H and O–H groups in total. The van der Waals surface area contributed by atoms with Gasteiger partial charge in [0.2, 0.25) is 0 Å². The zero-order valence-corrected chi connectivity index (χ0v) is 25.1. The molecule has 4 aliphatic rings. The highest BCUT2D eigenvalue weighted by atomic mass is 14.4. The lowest BCUT2D eigenvalue weighted by Crippen LogP contribution is -2.03. The summed E-state index contributed by atoms with van der Waals surface area (Å²) in [5.41, 5.74) is 22.7. The summed E-state index contributed by atoms with van der Waals surface area (Å²) in [6.07, 6.45) is 8.02. The summed E-state index contributed by atoms with van der Waals surface area (Å²) in [7, 11) is 0. The molecule has 0 aliphatic heterocycles. The largest absolute Gasteiger partial charge is 0.0836 e. The zero-order valence-electron chi connectivity index (χ0n) is 25.1. The third kappa shape index (κ3) is 3.66. The Labute approximate surface area is 265 Å². The van der Waals surface area contributed by atoms with Gasteiger partial charge in [0, 0.05) is 11.8 Å². The highest BCUT2D eigenvalue weighted by molar-refractivity contribution is 5.90. The van der Waals surface area contributed by atoms with Crippen molar-refractivity contribution in [2.24, 2.45) is 0 Å². The first-order valence-electron chi connectivity index (χ1n) is 16.4. The summed E-state index contributed by atoms with van der Waals surface area (Å²) < 4.78 is 0. The molecule has 2 atom stereocenters. The molecule has 6 aromatic rings. The van der Waals surface area contributed by atoms with E-state index in [4.69, 9.17) is 0 Å². The Morgan fingerprint density at radius 3 is 2.00 bits per heavy atom. The van der Waals surface area contributed by atoms with Crippen molar-refractivity contribution >= 4 is 5.57 Å². The van der Waals surface area contributed by atoms with E-state index in [1.807, 2.05) is 0 Å². The van der Waals surface area contributed by atoms with Crippen LogP contribution in [0.4, 0.5) is 0 Å². The van der Waals surface area contributed by atoms with Gasteiger partial charge in [-0.25, -0.2) is 0 Å². The average molecular weight is 573 g/mol. The Kier molecular flexibility index (Phi) is 5.39. The Morgan fingerprint density at radius 2 is 1.13 bits per heavy atom. The van der Waals surface area contributed by atoms with Crippen LogP contribution in [0.5, 0.6) is 0 Å². The Bertz CT molecular complexity index is 2240. The molecule has 45 heavy (non-hydrogen) atoms. The average Bonchev–Trinajstić information content (AvgIpc) is 3.76. The van der Waals surface area contributed by atoms with Crippen LogP contribution in [0.25, 0.3) is 39.0 Å². The Morgan fingerprint density at radius 1 is 0.467 bits per heavy atom. The van der Waals surface area contributed by atoms with Crippen molar-refractivity contribution in [2.75, 3.05) is 0 Å². The first-order valence-corrected chi connectivity index (χ1v) is 16.4. The van der Waals surface area contributed by atoms with Crippen molar-refractivity contribution < 1.29 is 0 Å². The summed E-state index contributed by atoms with van der Waals surface area (Å²) in [5.74, 6) is 0.614. The number of benzene rings is 6. The van der Waals surface area contributed by atoms with E-state index in [1.165, 1.54) is 83.5 Å². The van der Waals surface area contributed by atoms with Gasteiger partial charge in [-0.3, -0.25) is 0 Å². The molecule has 2 unspecified atom stereocenters. The van der Waals surface area contributed by atoms with Crippen LogP contribution >= 0.6 is 0 Å². The van der Waals surface area contributed by atoms with Gasteiger partial charge in [0.15, 0.2) is 0 Å². The molecular weight excluding hydrogens is 540 g/mol. The maximum Gasteiger partial charge on any atom is 0.0355 e. The molecule has 4 aliphatic carbocycles. The van der Waals surface area contributed by atoms with Gasteiger partial charge in [0.1, 0.15) is 0 Å². The lowest BCUT2D eigenvalue weighted by Gasteiger charge is -2.19. The van der Waals surface area contributed by atoms with Crippen molar-refractivity contribution in [1.82, 2.24) is 0 Å². The molecular formula is C45H32. The normalized spacial score (nSPS) is 18.2. The molecule has 10 rings (SSSR count). The van der Waals surface area contributed by atoms with Crippen LogP contribution in [0, 0.1) is 0 Å². The molecule has 0 heterocycles. The van der Waals surface area contributed by atoms with E-state index in [9.17, 15) is 0 Å². The van der Waals surface area contributed by atoms with Gasteiger partial charge in [-0.15, -0.1) is 0 Å². The third-order valence-electron chi connectivity index (χ3n) is 10.8. The van der Waals surface area contributed by atoms with Crippen molar-refractivity contribution in [3.8, 4) is 33.4 Å². The molecule has 0 bridgehead atoms. The molecule has 0 heteroatoms. The van der Waals surface area contributed by atoms with E-state index >= 15 is 0 Å². The fourth-order valence-corrected chi connectivity index (χ4v) is 8.85. The van der Waals surface area contributed by atoms with Crippen LogP contribution in [0.1, 0.15) is 69.2 Å². The SMILES string of the molecule is C1=CC2=C(CC1)C(c1ccccc1)c1ccc(-c3ccc4c(c3)-c3ccccc3C4c3cccc4c3Cc3ccccc3-4)cc12. The van der Waals surface area contributed by atoms with E-state index in [1.54, 1.807) is 5.57 Å². The fourth-order valence-electron chi connectivity index (χ4n) is 8.85. The minimum absolute atomic E-state index is 0.251. The van der Waals surface area contributed by atoms with Crippen LogP contribution in [0.3, 0.4) is 0 Å². The van der Waals surface area contributed by atoms with Gasteiger partial charge in [-0.2, -0.15) is 0 Å². The molecule has 0 nitrogen and oxygen atoms in total. The standard InChI is InChI=1S/C45H32/c1-2-11-28(12-3-1)44-36-17-8-6-15-34(36)41-25-29(21-23-39(41)44)30-22-24-40-42(26-30)35-16-7-9-18-37(35)45(40)38-20-10-19-33-32-14-5-4-13-31(32)27-43(33)38/h1-7,9-16,18-26,44-45H,8,17,27H2. The van der Waals surface area contributed by atoms with E-state index in [0.717, 1.165) is 19.3 Å². The van der Waals surface area contributed by atoms with Crippen LogP contribution in [-0.4, -0.2) is 0 Å². The third-order valence-corrected chi connectivity index (χ3v) is 10.8. The summed E-state index contributed by atoms with van der Waals surface area (Å²) >= 11 is 0. The fraction of sp³-hybridized carbons (Fsp3) is 0.111.